The molecule has 0 bridgehead atoms. The average Bonchev–Trinajstić information content (AvgIpc) is 2.30. The minimum atomic E-state index is -1.05. The van der Waals surface area contributed by atoms with Crippen molar-refractivity contribution in [3.05, 3.63) is 23.5 Å². The lowest BCUT2D eigenvalue weighted by Gasteiger charge is -2.10. The van der Waals surface area contributed by atoms with Crippen LogP contribution in [0.4, 0.5) is 10.1 Å². The first-order chi connectivity index (χ1) is 8.43. The molecule has 0 aliphatic rings. The number of nitrogens with one attached hydrogen (secondary N) is 1. The average molecular weight is 255 g/mol. The minimum Gasteiger partial charge on any atom is -0.494 e. The molecule has 18 heavy (non-hydrogen) atoms. The Hall–Kier alpha value is -2.11. The summed E-state index contributed by atoms with van der Waals surface area (Å²) < 4.78 is 18.2. The summed E-state index contributed by atoms with van der Waals surface area (Å²) in [5.41, 5.74) is 0.945. The number of carboxylic acids is 1. The summed E-state index contributed by atoms with van der Waals surface area (Å²) in [6.07, 6.45) is -0.411. The van der Waals surface area contributed by atoms with Crippen LogP contribution < -0.4 is 10.1 Å². The van der Waals surface area contributed by atoms with Crippen LogP contribution in [0.15, 0.2) is 12.1 Å². The third-order valence-electron chi connectivity index (χ3n) is 2.34. The summed E-state index contributed by atoms with van der Waals surface area (Å²) >= 11 is 0. The number of carbonyl (C=O) groups excluding carboxylic acids is 1. The fourth-order valence-corrected chi connectivity index (χ4v) is 1.38. The van der Waals surface area contributed by atoms with Gasteiger partial charge in [-0.15, -0.1) is 0 Å². The summed E-state index contributed by atoms with van der Waals surface area (Å²) in [6, 6.07) is 2.61. The number of benzene rings is 1. The van der Waals surface area contributed by atoms with E-state index >= 15 is 0 Å². The molecule has 0 aromatic heterocycles. The molecule has 0 fully saturated rings. The Balaban J connectivity index is 2.76. The normalized spacial score (nSPS) is 9.94. The highest BCUT2D eigenvalue weighted by Gasteiger charge is 2.11. The third kappa shape index (κ3) is 3.73. The molecule has 0 saturated heterocycles. The van der Waals surface area contributed by atoms with Crippen LogP contribution in [-0.4, -0.2) is 24.1 Å². The lowest BCUT2D eigenvalue weighted by molar-refractivity contribution is -0.138. The maximum atomic E-state index is 13.4. The number of rotatable bonds is 5. The highest BCUT2D eigenvalue weighted by atomic mass is 19.1. The Morgan fingerprint density at radius 3 is 2.61 bits per heavy atom. The maximum absolute atomic E-state index is 13.4. The van der Waals surface area contributed by atoms with Gasteiger partial charge >= 0.3 is 5.97 Å². The molecule has 0 atom stereocenters. The summed E-state index contributed by atoms with van der Waals surface area (Å²) in [6.45, 7) is 1.69. The van der Waals surface area contributed by atoms with Gasteiger partial charge in [-0.25, -0.2) is 4.39 Å². The van der Waals surface area contributed by atoms with E-state index in [4.69, 9.17) is 9.84 Å². The van der Waals surface area contributed by atoms with Crippen molar-refractivity contribution in [2.24, 2.45) is 0 Å². The third-order valence-corrected chi connectivity index (χ3v) is 2.34. The van der Waals surface area contributed by atoms with Gasteiger partial charge < -0.3 is 15.2 Å². The standard InChI is InChI=1S/C12H14FNO4/c1-7-5-10(18-2)8(13)6-9(7)14-11(15)3-4-12(16)17/h5-6H,3-4H2,1-2H3,(H,14,15)(H,16,17). The second-order valence-corrected chi connectivity index (χ2v) is 3.74. The van der Waals surface area contributed by atoms with Gasteiger partial charge in [-0.05, 0) is 18.6 Å². The Labute approximate surface area is 104 Å². The van der Waals surface area contributed by atoms with Crippen LogP contribution in [0.1, 0.15) is 18.4 Å². The zero-order chi connectivity index (χ0) is 13.7. The van der Waals surface area contributed by atoms with Crippen molar-refractivity contribution in [1.82, 2.24) is 0 Å². The highest BCUT2D eigenvalue weighted by molar-refractivity contribution is 5.93. The zero-order valence-electron chi connectivity index (χ0n) is 10.1. The monoisotopic (exact) mass is 255 g/mol. The number of methoxy groups -OCH3 is 1. The van der Waals surface area contributed by atoms with E-state index in [2.05, 4.69) is 5.32 Å². The van der Waals surface area contributed by atoms with Gasteiger partial charge in [0.2, 0.25) is 5.91 Å². The Bertz CT molecular complexity index is 473. The zero-order valence-corrected chi connectivity index (χ0v) is 10.1. The van der Waals surface area contributed by atoms with Crippen LogP contribution in [0.5, 0.6) is 5.75 Å². The van der Waals surface area contributed by atoms with Crippen LogP contribution in [-0.2, 0) is 9.59 Å². The van der Waals surface area contributed by atoms with Crippen molar-refractivity contribution >= 4 is 17.6 Å². The number of carboxylic acid groups (broad SMARTS) is 1. The first kappa shape index (κ1) is 14.0. The topological polar surface area (TPSA) is 75.6 Å². The molecule has 5 nitrogen and oxygen atoms in total. The minimum absolute atomic E-state index is 0.0936. The lowest BCUT2D eigenvalue weighted by atomic mass is 10.1. The van der Waals surface area contributed by atoms with E-state index in [0.29, 0.717) is 11.3 Å². The molecular weight excluding hydrogens is 241 g/mol. The number of carbonyl (C=O) groups is 2. The van der Waals surface area contributed by atoms with Crippen LogP contribution in [0.25, 0.3) is 0 Å². The van der Waals surface area contributed by atoms with Gasteiger partial charge in [-0.2, -0.15) is 0 Å². The van der Waals surface area contributed by atoms with E-state index in [9.17, 15) is 14.0 Å². The molecular formula is C12H14FNO4. The van der Waals surface area contributed by atoms with Crippen LogP contribution in [0.3, 0.4) is 0 Å². The molecule has 6 heteroatoms. The van der Waals surface area contributed by atoms with Crippen molar-refractivity contribution in [1.29, 1.82) is 0 Å². The van der Waals surface area contributed by atoms with Crippen LogP contribution in [0, 0.1) is 12.7 Å². The molecule has 98 valence electrons. The first-order valence-corrected chi connectivity index (χ1v) is 5.30. The molecule has 1 amide bonds. The Morgan fingerprint density at radius 2 is 2.06 bits per heavy atom. The van der Waals surface area contributed by atoms with Crippen molar-refractivity contribution in [2.75, 3.05) is 12.4 Å². The lowest BCUT2D eigenvalue weighted by Crippen LogP contribution is -2.14. The van der Waals surface area contributed by atoms with E-state index in [1.54, 1.807) is 6.92 Å². The fraction of sp³-hybridized carbons (Fsp3) is 0.333. The Kier molecular flexibility index (Phi) is 4.65. The molecule has 0 saturated carbocycles. The first-order valence-electron chi connectivity index (χ1n) is 5.30. The maximum Gasteiger partial charge on any atom is 0.303 e. The second kappa shape index (κ2) is 6.00. The Morgan fingerprint density at radius 1 is 1.39 bits per heavy atom. The van der Waals surface area contributed by atoms with E-state index in [-0.39, 0.29) is 18.6 Å². The summed E-state index contributed by atoms with van der Waals surface area (Å²) in [7, 11) is 1.35. The number of ether oxygens (including phenoxy) is 1. The van der Waals surface area contributed by atoms with Gasteiger partial charge in [0.15, 0.2) is 11.6 Å². The molecule has 0 heterocycles. The van der Waals surface area contributed by atoms with Gasteiger partial charge in [0.25, 0.3) is 0 Å². The number of aliphatic carboxylic acids is 1. The molecule has 1 aromatic carbocycles. The number of hydrogen-bond acceptors (Lipinski definition) is 3. The molecule has 0 radical (unpaired) electrons. The summed E-state index contributed by atoms with van der Waals surface area (Å²) in [5, 5.41) is 10.9. The largest absolute Gasteiger partial charge is 0.494 e. The summed E-state index contributed by atoms with van der Waals surface area (Å²) in [5.74, 6) is -2.01. The van der Waals surface area contributed by atoms with E-state index in [0.717, 1.165) is 6.07 Å². The number of halogens is 1. The summed E-state index contributed by atoms with van der Waals surface area (Å²) in [4.78, 5) is 21.7. The van der Waals surface area contributed by atoms with Crippen molar-refractivity contribution < 1.29 is 23.8 Å². The van der Waals surface area contributed by atoms with Gasteiger partial charge in [0, 0.05) is 18.2 Å². The van der Waals surface area contributed by atoms with E-state index in [1.807, 2.05) is 0 Å². The van der Waals surface area contributed by atoms with Crippen molar-refractivity contribution in [3.63, 3.8) is 0 Å². The predicted molar refractivity (Wildman–Crippen MR) is 63.2 cm³/mol. The molecule has 2 N–H and O–H groups in total. The number of hydrogen-bond donors (Lipinski definition) is 2. The van der Waals surface area contributed by atoms with E-state index < -0.39 is 17.7 Å². The molecule has 0 unspecified atom stereocenters. The van der Waals surface area contributed by atoms with Gasteiger partial charge in [0.1, 0.15) is 0 Å². The molecule has 0 aliphatic carbocycles. The van der Waals surface area contributed by atoms with E-state index in [1.165, 1.54) is 13.2 Å². The fourth-order valence-electron chi connectivity index (χ4n) is 1.38. The number of aryl methyl sites for hydroxylation is 1. The molecule has 1 rings (SSSR count). The molecule has 0 spiro atoms. The number of amides is 1. The quantitative estimate of drug-likeness (QED) is 0.843. The van der Waals surface area contributed by atoms with Crippen molar-refractivity contribution in [3.8, 4) is 5.75 Å². The highest BCUT2D eigenvalue weighted by Crippen LogP contribution is 2.25. The van der Waals surface area contributed by atoms with Crippen LogP contribution in [0.2, 0.25) is 0 Å². The van der Waals surface area contributed by atoms with Crippen LogP contribution >= 0.6 is 0 Å². The van der Waals surface area contributed by atoms with Gasteiger partial charge in [-0.1, -0.05) is 0 Å². The smallest absolute Gasteiger partial charge is 0.303 e. The predicted octanol–water partition coefficient (Wildman–Crippen LogP) is 1.95. The number of anilines is 1. The van der Waals surface area contributed by atoms with Crippen molar-refractivity contribution in [2.45, 2.75) is 19.8 Å². The molecule has 0 aliphatic heterocycles. The SMILES string of the molecule is COc1cc(C)c(NC(=O)CCC(=O)O)cc1F. The second-order valence-electron chi connectivity index (χ2n) is 3.74. The molecule has 1 aromatic rings. The van der Waals surface area contributed by atoms with Gasteiger partial charge in [-0.3, -0.25) is 9.59 Å². The van der Waals surface area contributed by atoms with Gasteiger partial charge in [0.05, 0.1) is 13.5 Å².